The van der Waals surface area contributed by atoms with Crippen LogP contribution in [-0.2, 0) is 0 Å². The van der Waals surface area contributed by atoms with Crippen molar-refractivity contribution in [3.05, 3.63) is 122 Å². The molecule has 0 unspecified atom stereocenters. The highest BCUT2D eigenvalue weighted by atomic mass is 15.1. The van der Waals surface area contributed by atoms with Crippen molar-refractivity contribution in [3.8, 4) is 17.4 Å². The van der Waals surface area contributed by atoms with Gasteiger partial charge < -0.3 is 4.57 Å². The van der Waals surface area contributed by atoms with Crippen LogP contribution < -0.4 is 0 Å². The van der Waals surface area contributed by atoms with Gasteiger partial charge in [0, 0.05) is 57.1 Å². The van der Waals surface area contributed by atoms with E-state index in [9.17, 15) is 5.26 Å². The van der Waals surface area contributed by atoms with Crippen LogP contribution in [0.2, 0.25) is 0 Å². The number of aromatic nitrogens is 6. The first-order valence-electron chi connectivity index (χ1n) is 15.1. The molecule has 5 aromatic carbocycles. The molecular formula is C39H19N7. The zero-order chi connectivity index (χ0) is 30.1. The van der Waals surface area contributed by atoms with E-state index >= 15 is 0 Å². The Bertz CT molecular complexity index is 2730. The molecule has 0 saturated carbocycles. The molecule has 0 amide bonds. The largest absolute Gasteiger partial charge is 0.305 e. The van der Waals surface area contributed by atoms with Crippen molar-refractivity contribution in [2.75, 3.05) is 0 Å². The summed E-state index contributed by atoms with van der Waals surface area (Å²) in [5, 5.41) is 24.3. The molecule has 0 aliphatic carbocycles. The van der Waals surface area contributed by atoms with Crippen LogP contribution in [0.4, 0.5) is 0 Å². The average Bonchev–Trinajstić information content (AvgIpc) is 3.64. The smallest absolute Gasteiger partial charge is 0.147 e. The second-order valence-corrected chi connectivity index (χ2v) is 11.8. The first-order valence-corrected chi connectivity index (χ1v) is 15.1. The van der Waals surface area contributed by atoms with E-state index in [0.717, 1.165) is 87.6 Å². The molecule has 210 valence electrons. The molecule has 11 rings (SSSR count). The topological polar surface area (TPSA) is 85.2 Å². The van der Waals surface area contributed by atoms with Crippen LogP contribution in [0.3, 0.4) is 0 Å². The van der Waals surface area contributed by atoms with Gasteiger partial charge in [0.05, 0.1) is 34.8 Å². The Labute approximate surface area is 259 Å². The number of hydrogen-bond acceptors (Lipinski definition) is 5. The molecule has 6 aromatic heterocycles. The third-order valence-corrected chi connectivity index (χ3v) is 9.75. The Kier molecular flexibility index (Phi) is 4.28. The standard InChI is InChI=1S/C39H19N7/c40-16-27-30(45-32-19-41-17-28-23-8-3-4-9-24(23)29-18-42-20-33(45)35(29)34(28)32)10-5-11-31(27)46-38-36-25(12-14-43-38)21-6-1-2-7-22(21)26-13-15-44-39(46)37(26)36/h1-15,17-20H. The minimum absolute atomic E-state index is 0.517. The quantitative estimate of drug-likeness (QED) is 0.189. The minimum Gasteiger partial charge on any atom is -0.305 e. The number of pyridine rings is 4. The van der Waals surface area contributed by atoms with Crippen LogP contribution in [0.5, 0.6) is 0 Å². The van der Waals surface area contributed by atoms with Gasteiger partial charge in [-0.05, 0) is 56.6 Å². The number of benzene rings is 5. The second-order valence-electron chi connectivity index (χ2n) is 11.8. The molecule has 6 heterocycles. The fourth-order valence-electron chi connectivity index (χ4n) is 7.99. The van der Waals surface area contributed by atoms with Crippen molar-refractivity contribution in [2.24, 2.45) is 0 Å². The zero-order valence-electron chi connectivity index (χ0n) is 24.1. The fourth-order valence-corrected chi connectivity index (χ4v) is 7.99. The van der Waals surface area contributed by atoms with E-state index in [1.54, 1.807) is 0 Å². The number of nitrogens with zero attached hydrogens (tertiary/aromatic N) is 7. The van der Waals surface area contributed by atoms with E-state index < -0.39 is 0 Å². The molecule has 0 saturated heterocycles. The SMILES string of the molecule is N#Cc1c(-n2c3cncc4c5ccccc5c5cncc2c5c43)cccc1-n1c2nccc3c4ccccc4c4ccnc1c4c32. The summed E-state index contributed by atoms with van der Waals surface area (Å²) in [6.07, 6.45) is 11.4. The summed E-state index contributed by atoms with van der Waals surface area (Å²) in [5.74, 6) is 0. The predicted octanol–water partition coefficient (Wildman–Crippen LogP) is 8.82. The molecule has 0 aliphatic rings. The van der Waals surface area contributed by atoms with Crippen LogP contribution in [0, 0.1) is 11.3 Å². The lowest BCUT2D eigenvalue weighted by atomic mass is 9.97. The highest BCUT2D eigenvalue weighted by Gasteiger charge is 2.26. The molecule has 11 aromatic rings. The zero-order valence-corrected chi connectivity index (χ0v) is 24.1. The van der Waals surface area contributed by atoms with Gasteiger partial charge in [0.25, 0.3) is 0 Å². The van der Waals surface area contributed by atoms with E-state index in [0.29, 0.717) is 5.56 Å². The maximum atomic E-state index is 11.0. The van der Waals surface area contributed by atoms with Crippen molar-refractivity contribution in [2.45, 2.75) is 0 Å². The summed E-state index contributed by atoms with van der Waals surface area (Å²) in [6, 6.07) is 29.6. The van der Waals surface area contributed by atoms with Crippen molar-refractivity contribution in [1.82, 2.24) is 29.1 Å². The first kappa shape index (κ1) is 23.8. The van der Waals surface area contributed by atoms with Gasteiger partial charge in [-0.3, -0.25) is 14.5 Å². The van der Waals surface area contributed by atoms with Crippen molar-refractivity contribution in [1.29, 1.82) is 5.26 Å². The third-order valence-electron chi connectivity index (χ3n) is 9.75. The van der Waals surface area contributed by atoms with Crippen LogP contribution in [-0.4, -0.2) is 29.1 Å². The van der Waals surface area contributed by atoms with Gasteiger partial charge in [-0.1, -0.05) is 54.6 Å². The Hall–Kier alpha value is -6.65. The first-order chi connectivity index (χ1) is 22.8. The molecule has 0 bridgehead atoms. The van der Waals surface area contributed by atoms with Gasteiger partial charge in [-0.25, -0.2) is 9.97 Å². The molecule has 0 radical (unpaired) electrons. The Morgan fingerprint density at radius 3 is 1.43 bits per heavy atom. The van der Waals surface area contributed by atoms with Gasteiger partial charge in [0.1, 0.15) is 22.9 Å². The van der Waals surface area contributed by atoms with E-state index in [-0.39, 0.29) is 0 Å². The summed E-state index contributed by atoms with van der Waals surface area (Å²) in [5.41, 5.74) is 5.41. The summed E-state index contributed by atoms with van der Waals surface area (Å²) in [4.78, 5) is 19.2. The van der Waals surface area contributed by atoms with Crippen molar-refractivity contribution in [3.63, 3.8) is 0 Å². The lowest BCUT2D eigenvalue weighted by Gasteiger charge is -2.14. The Morgan fingerprint density at radius 2 is 0.935 bits per heavy atom. The molecule has 7 nitrogen and oxygen atoms in total. The Morgan fingerprint density at radius 1 is 0.457 bits per heavy atom. The van der Waals surface area contributed by atoms with E-state index in [4.69, 9.17) is 19.9 Å². The monoisotopic (exact) mass is 585 g/mol. The van der Waals surface area contributed by atoms with E-state index in [1.165, 1.54) is 10.8 Å². The van der Waals surface area contributed by atoms with E-state index in [1.807, 2.05) is 55.4 Å². The highest BCUT2D eigenvalue weighted by molar-refractivity contribution is 6.35. The third kappa shape index (κ3) is 2.69. The van der Waals surface area contributed by atoms with Gasteiger partial charge in [-0.2, -0.15) is 5.26 Å². The predicted molar refractivity (Wildman–Crippen MR) is 183 cm³/mol. The summed E-state index contributed by atoms with van der Waals surface area (Å²) in [7, 11) is 0. The number of fused-ring (bicyclic) bond motifs is 6. The molecule has 0 atom stereocenters. The normalized spacial score (nSPS) is 12.3. The maximum absolute atomic E-state index is 11.0. The lowest BCUT2D eigenvalue weighted by molar-refractivity contribution is 1.08. The lowest BCUT2D eigenvalue weighted by Crippen LogP contribution is -2.05. The van der Waals surface area contributed by atoms with Crippen LogP contribution in [0.25, 0.3) is 98.3 Å². The van der Waals surface area contributed by atoms with Crippen LogP contribution in [0.1, 0.15) is 5.56 Å². The minimum atomic E-state index is 0.517. The number of rotatable bonds is 2. The molecular weight excluding hydrogens is 566 g/mol. The Balaban J connectivity index is 1.30. The average molecular weight is 586 g/mol. The van der Waals surface area contributed by atoms with Gasteiger partial charge in [-0.15, -0.1) is 0 Å². The number of hydrogen-bond donors (Lipinski definition) is 0. The maximum Gasteiger partial charge on any atom is 0.147 e. The van der Waals surface area contributed by atoms with Crippen molar-refractivity contribution < 1.29 is 0 Å². The van der Waals surface area contributed by atoms with Crippen LogP contribution in [0.15, 0.2) is 116 Å². The molecule has 0 spiro atoms. The summed E-state index contributed by atoms with van der Waals surface area (Å²) >= 11 is 0. The fraction of sp³-hybridized carbons (Fsp3) is 0. The highest BCUT2D eigenvalue weighted by Crippen LogP contribution is 2.45. The van der Waals surface area contributed by atoms with Crippen LogP contribution >= 0.6 is 0 Å². The van der Waals surface area contributed by atoms with Gasteiger partial charge in [0.15, 0.2) is 0 Å². The van der Waals surface area contributed by atoms with Gasteiger partial charge >= 0.3 is 0 Å². The van der Waals surface area contributed by atoms with Crippen molar-refractivity contribution >= 4 is 87.0 Å². The van der Waals surface area contributed by atoms with Gasteiger partial charge in [0.2, 0.25) is 0 Å². The molecule has 0 aliphatic heterocycles. The molecule has 46 heavy (non-hydrogen) atoms. The van der Waals surface area contributed by atoms with E-state index in [2.05, 4.69) is 75.9 Å². The molecule has 0 fully saturated rings. The molecule has 7 heteroatoms. The second kappa shape index (κ2) is 8.29. The summed E-state index contributed by atoms with van der Waals surface area (Å²) < 4.78 is 4.20. The summed E-state index contributed by atoms with van der Waals surface area (Å²) in [6.45, 7) is 0. The molecule has 0 N–H and O–H groups in total. The number of nitriles is 1.